The van der Waals surface area contributed by atoms with E-state index in [2.05, 4.69) is 23.5 Å². The molecule has 5 rings (SSSR count). The van der Waals surface area contributed by atoms with Crippen molar-refractivity contribution in [1.29, 1.82) is 0 Å². The van der Waals surface area contributed by atoms with Crippen LogP contribution in [0.25, 0.3) is 11.0 Å². The van der Waals surface area contributed by atoms with Crippen LogP contribution in [-0.2, 0) is 16.0 Å². The molecule has 6 heteroatoms. The minimum Gasteiger partial charge on any atom is -0.356 e. The summed E-state index contributed by atoms with van der Waals surface area (Å²) in [5.74, 6) is 0.530. The van der Waals surface area contributed by atoms with Gasteiger partial charge in [0, 0.05) is 13.1 Å². The van der Waals surface area contributed by atoms with E-state index in [0.717, 1.165) is 36.7 Å². The number of para-hydroxylation sites is 2. The molecule has 1 aliphatic carbocycles. The van der Waals surface area contributed by atoms with E-state index >= 15 is 0 Å². The number of carbonyl (C=O) groups excluding carboxylic acids is 2. The summed E-state index contributed by atoms with van der Waals surface area (Å²) in [6, 6.07) is 17.4. The van der Waals surface area contributed by atoms with Crippen molar-refractivity contribution in [3.05, 3.63) is 71.8 Å². The molecule has 170 valence electrons. The Kier molecular flexibility index (Phi) is 6.24. The fourth-order valence-corrected chi connectivity index (χ4v) is 4.93. The van der Waals surface area contributed by atoms with Crippen LogP contribution in [0.15, 0.2) is 66.2 Å². The van der Waals surface area contributed by atoms with E-state index in [1.165, 1.54) is 24.0 Å². The molecule has 3 aromatic rings. The molecule has 0 fully saturated rings. The highest BCUT2D eigenvalue weighted by atomic mass is 16.2. The van der Waals surface area contributed by atoms with Crippen LogP contribution in [0.3, 0.4) is 0 Å². The lowest BCUT2D eigenvalue weighted by atomic mass is 9.97. The Morgan fingerprint density at radius 3 is 2.67 bits per heavy atom. The van der Waals surface area contributed by atoms with Gasteiger partial charge in [0.25, 0.3) is 5.91 Å². The lowest BCUT2D eigenvalue weighted by Crippen LogP contribution is -2.34. The van der Waals surface area contributed by atoms with Crippen molar-refractivity contribution in [1.82, 2.24) is 14.9 Å². The fraction of sp³-hybridized carbons (Fsp3) is 0.370. The molecule has 0 saturated carbocycles. The van der Waals surface area contributed by atoms with Gasteiger partial charge in [0.05, 0.1) is 17.5 Å². The van der Waals surface area contributed by atoms with E-state index in [9.17, 15) is 9.59 Å². The fourth-order valence-electron chi connectivity index (χ4n) is 4.93. The van der Waals surface area contributed by atoms with Crippen LogP contribution in [0, 0.1) is 0 Å². The zero-order chi connectivity index (χ0) is 22.6. The second kappa shape index (κ2) is 9.61. The summed E-state index contributed by atoms with van der Waals surface area (Å²) in [5.41, 5.74) is 4.37. The molecule has 2 amide bonds. The van der Waals surface area contributed by atoms with Crippen LogP contribution in [0.5, 0.6) is 0 Å². The van der Waals surface area contributed by atoms with Crippen molar-refractivity contribution in [2.45, 2.75) is 51.0 Å². The molecule has 0 bridgehead atoms. The highest BCUT2D eigenvalue weighted by Gasteiger charge is 2.40. The predicted octanol–water partition coefficient (Wildman–Crippen LogP) is 4.56. The Bertz CT molecular complexity index is 1180. The molecule has 33 heavy (non-hydrogen) atoms. The number of amides is 2. The third-order valence-electron chi connectivity index (χ3n) is 6.68. The van der Waals surface area contributed by atoms with Crippen LogP contribution >= 0.6 is 0 Å². The van der Waals surface area contributed by atoms with Gasteiger partial charge < -0.3 is 5.32 Å². The van der Waals surface area contributed by atoms with Gasteiger partial charge in [0.2, 0.25) is 11.9 Å². The molecule has 0 saturated heterocycles. The summed E-state index contributed by atoms with van der Waals surface area (Å²) in [7, 11) is 0. The summed E-state index contributed by atoms with van der Waals surface area (Å²) in [5, 5.41) is 3.00. The van der Waals surface area contributed by atoms with Gasteiger partial charge in [-0.15, -0.1) is 0 Å². The molecule has 2 heterocycles. The standard InChI is InChI=1S/C27H30N4O2/c32-25(28-17-15-20-9-3-1-4-10-20)19-24-26(33)30(18-16-21-11-5-2-6-12-21)27-29-22-13-7-8-14-23(22)31(24)27/h1,3-4,7-11,13-14,24H,2,5-6,12,15-19H2,(H,28,32). The quantitative estimate of drug-likeness (QED) is 0.520. The first-order valence-corrected chi connectivity index (χ1v) is 12.0. The zero-order valence-corrected chi connectivity index (χ0v) is 18.9. The largest absolute Gasteiger partial charge is 0.356 e. The Hall–Kier alpha value is -3.41. The SMILES string of the molecule is O=C(CC1C(=O)N(CCC2=CCCCC2)c2nc3ccccc3n21)NCCc1ccccc1. The Labute approximate surface area is 194 Å². The van der Waals surface area contributed by atoms with Gasteiger partial charge in [-0.05, 0) is 56.2 Å². The van der Waals surface area contributed by atoms with Crippen molar-refractivity contribution in [2.75, 3.05) is 18.0 Å². The van der Waals surface area contributed by atoms with Gasteiger partial charge in [0.15, 0.2) is 0 Å². The zero-order valence-electron chi connectivity index (χ0n) is 18.9. The lowest BCUT2D eigenvalue weighted by Gasteiger charge is -2.18. The number of allylic oxidation sites excluding steroid dienone is 1. The van der Waals surface area contributed by atoms with Gasteiger partial charge in [-0.1, -0.05) is 54.1 Å². The average molecular weight is 443 g/mol. The van der Waals surface area contributed by atoms with E-state index in [1.807, 2.05) is 47.0 Å². The van der Waals surface area contributed by atoms with E-state index in [4.69, 9.17) is 4.98 Å². The third kappa shape index (κ3) is 4.56. The molecule has 1 unspecified atom stereocenters. The summed E-state index contributed by atoms with van der Waals surface area (Å²) < 4.78 is 1.96. The van der Waals surface area contributed by atoms with Crippen molar-refractivity contribution in [2.24, 2.45) is 0 Å². The van der Waals surface area contributed by atoms with Gasteiger partial charge >= 0.3 is 0 Å². The van der Waals surface area contributed by atoms with Crippen molar-refractivity contribution >= 4 is 28.8 Å². The third-order valence-corrected chi connectivity index (χ3v) is 6.68. The first kappa shape index (κ1) is 21.4. The van der Waals surface area contributed by atoms with Crippen molar-refractivity contribution in [3.63, 3.8) is 0 Å². The molecular formula is C27H30N4O2. The number of benzene rings is 2. The average Bonchev–Trinajstić information content (AvgIpc) is 3.34. The first-order valence-electron chi connectivity index (χ1n) is 12.0. The number of nitrogens with zero attached hydrogens (tertiary/aromatic N) is 3. The number of nitrogens with one attached hydrogen (secondary N) is 1. The summed E-state index contributed by atoms with van der Waals surface area (Å²) in [6.45, 7) is 1.17. The highest BCUT2D eigenvalue weighted by molar-refractivity contribution is 6.03. The number of rotatable bonds is 8. The van der Waals surface area contributed by atoms with Gasteiger partial charge in [-0.3, -0.25) is 19.1 Å². The number of aromatic nitrogens is 2. The Balaban J connectivity index is 1.31. The molecular weight excluding hydrogens is 412 g/mol. The van der Waals surface area contributed by atoms with E-state index in [-0.39, 0.29) is 18.2 Å². The normalized spacial score (nSPS) is 17.8. The minimum atomic E-state index is -0.551. The second-order valence-corrected chi connectivity index (χ2v) is 8.92. The Morgan fingerprint density at radius 2 is 1.85 bits per heavy atom. The lowest BCUT2D eigenvalue weighted by molar-refractivity contribution is -0.127. The van der Waals surface area contributed by atoms with E-state index in [0.29, 0.717) is 19.0 Å². The maximum absolute atomic E-state index is 13.4. The van der Waals surface area contributed by atoms with Crippen molar-refractivity contribution < 1.29 is 9.59 Å². The van der Waals surface area contributed by atoms with Gasteiger partial charge in [0.1, 0.15) is 6.04 Å². The van der Waals surface area contributed by atoms with E-state index < -0.39 is 6.04 Å². The molecule has 1 atom stereocenters. The monoisotopic (exact) mass is 442 g/mol. The number of fused-ring (bicyclic) bond motifs is 3. The molecule has 6 nitrogen and oxygen atoms in total. The van der Waals surface area contributed by atoms with Crippen LogP contribution in [0.1, 0.15) is 50.1 Å². The highest BCUT2D eigenvalue weighted by Crippen LogP contribution is 2.37. The predicted molar refractivity (Wildman–Crippen MR) is 130 cm³/mol. The van der Waals surface area contributed by atoms with Crippen molar-refractivity contribution in [3.8, 4) is 0 Å². The minimum absolute atomic E-state index is 0.0297. The van der Waals surface area contributed by atoms with Gasteiger partial charge in [-0.2, -0.15) is 0 Å². The Morgan fingerprint density at radius 1 is 1.03 bits per heavy atom. The number of imidazole rings is 1. The summed E-state index contributed by atoms with van der Waals surface area (Å²) in [4.78, 5) is 32.8. The summed E-state index contributed by atoms with van der Waals surface area (Å²) >= 11 is 0. The van der Waals surface area contributed by atoms with Crippen LogP contribution in [-0.4, -0.2) is 34.5 Å². The van der Waals surface area contributed by atoms with E-state index in [1.54, 1.807) is 4.90 Å². The molecule has 0 spiro atoms. The summed E-state index contributed by atoms with van der Waals surface area (Å²) in [6.07, 6.45) is 8.81. The molecule has 1 N–H and O–H groups in total. The number of anilines is 1. The first-order chi connectivity index (χ1) is 16.2. The van der Waals surface area contributed by atoms with Crippen LogP contribution in [0.4, 0.5) is 5.95 Å². The molecule has 2 aromatic carbocycles. The maximum Gasteiger partial charge on any atom is 0.253 e. The second-order valence-electron chi connectivity index (χ2n) is 8.92. The van der Waals surface area contributed by atoms with Crippen LogP contribution in [0.2, 0.25) is 0 Å². The maximum atomic E-state index is 13.4. The molecule has 0 radical (unpaired) electrons. The van der Waals surface area contributed by atoms with Gasteiger partial charge in [-0.25, -0.2) is 4.98 Å². The molecule has 1 aromatic heterocycles. The number of carbonyl (C=O) groups is 2. The number of hydrogen-bond donors (Lipinski definition) is 1. The topological polar surface area (TPSA) is 67.2 Å². The molecule has 1 aliphatic heterocycles. The molecule has 2 aliphatic rings. The number of hydrogen-bond acceptors (Lipinski definition) is 3. The smallest absolute Gasteiger partial charge is 0.253 e. The van der Waals surface area contributed by atoms with Crippen LogP contribution < -0.4 is 10.2 Å².